The normalized spacial score (nSPS) is 10.1. The fourth-order valence-corrected chi connectivity index (χ4v) is 1.38. The first-order valence-electron chi connectivity index (χ1n) is 5.24. The molecule has 0 saturated carbocycles. The third-order valence-electron chi connectivity index (χ3n) is 2.23. The second-order valence-corrected chi connectivity index (χ2v) is 3.53. The van der Waals surface area contributed by atoms with Gasteiger partial charge in [0.25, 0.3) is 11.5 Å². The lowest BCUT2D eigenvalue weighted by Crippen LogP contribution is -2.40. The van der Waals surface area contributed by atoms with Gasteiger partial charge in [0.2, 0.25) is 0 Å². The monoisotopic (exact) mass is 254 g/mol. The second-order valence-electron chi connectivity index (χ2n) is 3.53. The van der Waals surface area contributed by atoms with Gasteiger partial charge < -0.3 is 19.7 Å². The number of aromatic nitrogens is 1. The van der Waals surface area contributed by atoms with Crippen molar-refractivity contribution in [2.45, 2.75) is 0 Å². The summed E-state index contributed by atoms with van der Waals surface area (Å²) in [7, 11) is 1.44. The van der Waals surface area contributed by atoms with Gasteiger partial charge in [-0.1, -0.05) is 0 Å². The van der Waals surface area contributed by atoms with Gasteiger partial charge in [-0.05, 0) is 12.1 Å². The molecule has 98 valence electrons. The van der Waals surface area contributed by atoms with Crippen LogP contribution in [0.5, 0.6) is 0 Å². The summed E-state index contributed by atoms with van der Waals surface area (Å²) in [6.45, 7) is -0.170. The smallest absolute Gasteiger partial charge is 0.323 e. The number of pyridine rings is 1. The SMILES string of the molecule is COCCN(CC(=O)O)C(=O)c1ccc[nH]c1=O. The van der Waals surface area contributed by atoms with E-state index < -0.39 is 24.0 Å². The molecule has 1 aromatic heterocycles. The molecular formula is C11H14N2O5. The molecule has 0 aromatic carbocycles. The van der Waals surface area contributed by atoms with Crippen LogP contribution in [0.2, 0.25) is 0 Å². The highest BCUT2D eigenvalue weighted by Gasteiger charge is 2.20. The minimum absolute atomic E-state index is 0.0881. The van der Waals surface area contributed by atoms with Crippen LogP contribution >= 0.6 is 0 Å². The number of nitrogens with zero attached hydrogens (tertiary/aromatic N) is 1. The molecule has 0 bridgehead atoms. The number of aromatic amines is 1. The van der Waals surface area contributed by atoms with Gasteiger partial charge in [0, 0.05) is 19.9 Å². The van der Waals surface area contributed by atoms with Crippen LogP contribution in [0.25, 0.3) is 0 Å². The average Bonchev–Trinajstić information content (AvgIpc) is 2.34. The molecule has 7 nitrogen and oxygen atoms in total. The van der Waals surface area contributed by atoms with E-state index >= 15 is 0 Å². The fraction of sp³-hybridized carbons (Fsp3) is 0.364. The summed E-state index contributed by atoms with van der Waals surface area (Å²) in [5, 5.41) is 8.73. The van der Waals surface area contributed by atoms with E-state index in [1.54, 1.807) is 0 Å². The van der Waals surface area contributed by atoms with E-state index in [-0.39, 0.29) is 18.7 Å². The summed E-state index contributed by atoms with van der Waals surface area (Å²) in [4.78, 5) is 37.5. The van der Waals surface area contributed by atoms with Crippen LogP contribution in [0.15, 0.2) is 23.1 Å². The number of ether oxygens (including phenoxy) is 1. The number of carbonyl (C=O) groups is 2. The van der Waals surface area contributed by atoms with E-state index in [0.717, 1.165) is 4.90 Å². The lowest BCUT2D eigenvalue weighted by molar-refractivity contribution is -0.137. The summed E-state index contributed by atoms with van der Waals surface area (Å²) in [5.41, 5.74) is -0.634. The maximum atomic E-state index is 12.0. The number of carboxylic acids is 1. The number of amides is 1. The van der Waals surface area contributed by atoms with Crippen molar-refractivity contribution in [1.82, 2.24) is 9.88 Å². The molecule has 0 fully saturated rings. The number of hydrogen-bond acceptors (Lipinski definition) is 4. The van der Waals surface area contributed by atoms with Crippen LogP contribution in [0.1, 0.15) is 10.4 Å². The van der Waals surface area contributed by atoms with Gasteiger partial charge in [0.1, 0.15) is 12.1 Å². The number of carbonyl (C=O) groups excluding carboxylic acids is 1. The summed E-state index contributed by atoms with van der Waals surface area (Å²) in [5.74, 6) is -1.77. The largest absolute Gasteiger partial charge is 0.480 e. The number of carboxylic acid groups (broad SMARTS) is 1. The van der Waals surface area contributed by atoms with Crippen molar-refractivity contribution >= 4 is 11.9 Å². The quantitative estimate of drug-likeness (QED) is 0.716. The van der Waals surface area contributed by atoms with Crippen molar-refractivity contribution in [2.24, 2.45) is 0 Å². The Morgan fingerprint density at radius 3 is 2.78 bits per heavy atom. The molecule has 1 rings (SSSR count). The van der Waals surface area contributed by atoms with Crippen molar-refractivity contribution < 1.29 is 19.4 Å². The molecule has 7 heteroatoms. The Morgan fingerprint density at radius 1 is 1.50 bits per heavy atom. The minimum atomic E-state index is -1.15. The summed E-state index contributed by atoms with van der Waals surface area (Å²) >= 11 is 0. The third kappa shape index (κ3) is 3.70. The number of methoxy groups -OCH3 is 1. The van der Waals surface area contributed by atoms with Gasteiger partial charge in [-0.2, -0.15) is 0 Å². The Labute approximate surface area is 103 Å². The summed E-state index contributed by atoms with van der Waals surface area (Å²) < 4.78 is 4.80. The molecule has 0 aliphatic carbocycles. The highest BCUT2D eigenvalue weighted by Crippen LogP contribution is 1.99. The van der Waals surface area contributed by atoms with Crippen molar-refractivity contribution in [3.05, 3.63) is 34.2 Å². The van der Waals surface area contributed by atoms with Crippen molar-refractivity contribution in [1.29, 1.82) is 0 Å². The van der Waals surface area contributed by atoms with Crippen LogP contribution in [0.3, 0.4) is 0 Å². The number of rotatable bonds is 6. The molecule has 0 saturated heterocycles. The van der Waals surface area contributed by atoms with Crippen LogP contribution in [0.4, 0.5) is 0 Å². The lowest BCUT2D eigenvalue weighted by atomic mass is 10.2. The van der Waals surface area contributed by atoms with E-state index in [0.29, 0.717) is 0 Å². The molecule has 0 aliphatic rings. The Balaban J connectivity index is 2.91. The molecule has 0 spiro atoms. The average molecular weight is 254 g/mol. The number of nitrogens with one attached hydrogen (secondary N) is 1. The van der Waals surface area contributed by atoms with E-state index in [9.17, 15) is 14.4 Å². The molecule has 1 amide bonds. The van der Waals surface area contributed by atoms with Crippen molar-refractivity contribution in [3.8, 4) is 0 Å². The highest BCUT2D eigenvalue weighted by molar-refractivity contribution is 5.95. The topological polar surface area (TPSA) is 99.7 Å². The molecule has 0 atom stereocenters. The molecule has 0 aliphatic heterocycles. The predicted octanol–water partition coefficient (Wildman–Crippen LogP) is -0.452. The first-order valence-corrected chi connectivity index (χ1v) is 5.24. The zero-order valence-corrected chi connectivity index (χ0v) is 9.88. The lowest BCUT2D eigenvalue weighted by Gasteiger charge is -2.19. The van der Waals surface area contributed by atoms with Crippen LogP contribution in [-0.2, 0) is 9.53 Å². The second kappa shape index (κ2) is 6.55. The first kappa shape index (κ1) is 13.9. The predicted molar refractivity (Wildman–Crippen MR) is 62.5 cm³/mol. The molecular weight excluding hydrogens is 240 g/mol. The summed E-state index contributed by atoms with van der Waals surface area (Å²) in [6, 6.07) is 2.85. The van der Waals surface area contributed by atoms with Gasteiger partial charge in [-0.3, -0.25) is 14.4 Å². The molecule has 2 N–H and O–H groups in total. The van der Waals surface area contributed by atoms with E-state index in [1.165, 1.54) is 25.4 Å². The number of aliphatic carboxylic acids is 1. The Morgan fingerprint density at radius 2 is 2.22 bits per heavy atom. The maximum Gasteiger partial charge on any atom is 0.323 e. The van der Waals surface area contributed by atoms with Gasteiger partial charge in [0.15, 0.2) is 0 Å². The van der Waals surface area contributed by atoms with Crippen molar-refractivity contribution in [3.63, 3.8) is 0 Å². The molecule has 1 heterocycles. The van der Waals surface area contributed by atoms with E-state index in [2.05, 4.69) is 4.98 Å². The van der Waals surface area contributed by atoms with Crippen molar-refractivity contribution in [2.75, 3.05) is 26.8 Å². The van der Waals surface area contributed by atoms with Crippen LogP contribution < -0.4 is 5.56 Å². The Bertz CT molecular complexity index is 482. The van der Waals surface area contributed by atoms with E-state index in [4.69, 9.17) is 9.84 Å². The van der Waals surface area contributed by atoms with Gasteiger partial charge in [0.05, 0.1) is 6.61 Å². The Hall–Kier alpha value is -2.15. The third-order valence-corrected chi connectivity index (χ3v) is 2.23. The van der Waals surface area contributed by atoms with Gasteiger partial charge >= 0.3 is 5.97 Å². The minimum Gasteiger partial charge on any atom is -0.480 e. The first-order chi connectivity index (χ1) is 8.56. The molecule has 1 aromatic rings. The fourth-order valence-electron chi connectivity index (χ4n) is 1.38. The van der Waals surface area contributed by atoms with E-state index in [1.807, 2.05) is 0 Å². The van der Waals surface area contributed by atoms with Crippen LogP contribution in [0, 0.1) is 0 Å². The molecule has 18 heavy (non-hydrogen) atoms. The summed E-state index contributed by atoms with van der Waals surface area (Å²) in [6.07, 6.45) is 1.40. The van der Waals surface area contributed by atoms with Gasteiger partial charge in [-0.15, -0.1) is 0 Å². The maximum absolute atomic E-state index is 12.0. The molecule has 0 radical (unpaired) electrons. The van der Waals surface area contributed by atoms with Crippen LogP contribution in [-0.4, -0.2) is 53.7 Å². The zero-order valence-electron chi connectivity index (χ0n) is 9.88. The number of hydrogen-bond donors (Lipinski definition) is 2. The zero-order chi connectivity index (χ0) is 13.5. The highest BCUT2D eigenvalue weighted by atomic mass is 16.5. The Kier molecular flexibility index (Phi) is 5.06. The van der Waals surface area contributed by atoms with Gasteiger partial charge in [-0.25, -0.2) is 0 Å². The standard InChI is InChI=1S/C11H14N2O5/c1-18-6-5-13(7-9(14)15)11(17)8-3-2-4-12-10(8)16/h2-4H,5-7H2,1H3,(H,12,16)(H,14,15). The number of H-pyrrole nitrogens is 1. The molecule has 0 unspecified atom stereocenters.